The Kier molecular flexibility index (Phi) is 1.82. The van der Waals surface area contributed by atoms with Crippen LogP contribution in [0.25, 0.3) is 0 Å². The maximum atomic E-state index is 4.32. The van der Waals surface area contributed by atoms with Crippen LogP contribution in [0, 0.1) is 0 Å². The smallest absolute Gasteiger partial charge is 0.0654 e. The van der Waals surface area contributed by atoms with E-state index in [-0.39, 0.29) is 0 Å². The normalized spacial score (nSPS) is 14.5. The van der Waals surface area contributed by atoms with E-state index in [4.69, 9.17) is 0 Å². The molecule has 2 nitrogen and oxygen atoms in total. The molecule has 0 aromatic carbocycles. The van der Waals surface area contributed by atoms with Crippen molar-refractivity contribution in [3.05, 3.63) is 36.7 Å². The van der Waals surface area contributed by atoms with E-state index in [1.165, 1.54) is 11.4 Å². The van der Waals surface area contributed by atoms with Crippen LogP contribution in [-0.4, -0.2) is 18.1 Å². The topological polar surface area (TPSA) is 16.1 Å². The maximum Gasteiger partial charge on any atom is 0.0654 e. The van der Waals surface area contributed by atoms with Crippen molar-refractivity contribution in [1.82, 2.24) is 4.98 Å². The Morgan fingerprint density at radius 3 is 3.42 bits per heavy atom. The standard InChI is InChI=1S/C10H12N2/c1-2-7-12-8-5-9-10(12)4-3-6-11-9/h2-4,6H,1,5,7-8H2. The van der Waals surface area contributed by atoms with Gasteiger partial charge in [-0.3, -0.25) is 4.98 Å². The maximum absolute atomic E-state index is 4.32. The van der Waals surface area contributed by atoms with Gasteiger partial charge in [0, 0.05) is 25.7 Å². The quantitative estimate of drug-likeness (QED) is 0.611. The van der Waals surface area contributed by atoms with Crippen molar-refractivity contribution in [3.63, 3.8) is 0 Å². The van der Waals surface area contributed by atoms with Gasteiger partial charge in [-0.2, -0.15) is 0 Å². The lowest BCUT2D eigenvalue weighted by Gasteiger charge is -2.15. The van der Waals surface area contributed by atoms with Crippen LogP contribution in [0.3, 0.4) is 0 Å². The highest BCUT2D eigenvalue weighted by Crippen LogP contribution is 2.24. The van der Waals surface area contributed by atoms with E-state index in [1.54, 1.807) is 0 Å². The van der Waals surface area contributed by atoms with Crippen molar-refractivity contribution in [1.29, 1.82) is 0 Å². The Balaban J connectivity index is 2.29. The van der Waals surface area contributed by atoms with Crippen LogP contribution in [0.1, 0.15) is 5.69 Å². The van der Waals surface area contributed by atoms with Gasteiger partial charge in [-0.1, -0.05) is 6.08 Å². The first-order valence-electron chi connectivity index (χ1n) is 4.21. The van der Waals surface area contributed by atoms with Crippen LogP contribution in [0.15, 0.2) is 31.0 Å². The fourth-order valence-electron chi connectivity index (χ4n) is 1.62. The number of nitrogens with zero attached hydrogens (tertiary/aromatic N) is 2. The van der Waals surface area contributed by atoms with Crippen LogP contribution in [-0.2, 0) is 6.42 Å². The highest BCUT2D eigenvalue weighted by Gasteiger charge is 2.17. The summed E-state index contributed by atoms with van der Waals surface area (Å²) in [6.07, 6.45) is 4.86. The zero-order chi connectivity index (χ0) is 8.39. The molecule has 0 bridgehead atoms. The van der Waals surface area contributed by atoms with E-state index in [0.717, 1.165) is 19.5 Å². The van der Waals surface area contributed by atoms with Crippen LogP contribution in [0.2, 0.25) is 0 Å². The molecule has 2 heterocycles. The summed E-state index contributed by atoms with van der Waals surface area (Å²) in [5.41, 5.74) is 2.50. The molecule has 1 aromatic heterocycles. The molecule has 0 amide bonds. The third-order valence-electron chi connectivity index (χ3n) is 2.17. The number of hydrogen-bond donors (Lipinski definition) is 0. The molecular formula is C10H12N2. The zero-order valence-electron chi connectivity index (χ0n) is 7.03. The van der Waals surface area contributed by atoms with Crippen LogP contribution in [0.5, 0.6) is 0 Å². The predicted octanol–water partition coefficient (Wildman–Crippen LogP) is 1.63. The number of aromatic nitrogens is 1. The largest absolute Gasteiger partial charge is 0.366 e. The van der Waals surface area contributed by atoms with E-state index < -0.39 is 0 Å². The summed E-state index contributed by atoms with van der Waals surface area (Å²) in [7, 11) is 0. The molecule has 0 unspecified atom stereocenters. The van der Waals surface area contributed by atoms with Gasteiger partial charge in [-0.15, -0.1) is 6.58 Å². The van der Waals surface area contributed by atoms with E-state index in [9.17, 15) is 0 Å². The second-order valence-corrected chi connectivity index (χ2v) is 2.95. The van der Waals surface area contributed by atoms with Gasteiger partial charge in [0.1, 0.15) is 0 Å². The molecule has 12 heavy (non-hydrogen) atoms. The molecule has 1 aliphatic heterocycles. The first-order valence-corrected chi connectivity index (χ1v) is 4.21. The summed E-state index contributed by atoms with van der Waals surface area (Å²) in [6.45, 7) is 5.75. The van der Waals surface area contributed by atoms with E-state index >= 15 is 0 Å². The van der Waals surface area contributed by atoms with Crippen molar-refractivity contribution >= 4 is 5.69 Å². The molecule has 0 fully saturated rings. The van der Waals surface area contributed by atoms with Crippen molar-refractivity contribution in [2.45, 2.75) is 6.42 Å². The fraction of sp³-hybridized carbons (Fsp3) is 0.300. The molecule has 0 N–H and O–H groups in total. The molecule has 2 rings (SSSR count). The Bertz CT molecular complexity index is 294. The van der Waals surface area contributed by atoms with Gasteiger partial charge in [-0.05, 0) is 12.1 Å². The van der Waals surface area contributed by atoms with Crippen molar-refractivity contribution < 1.29 is 0 Å². The molecule has 0 saturated heterocycles. The Labute approximate surface area is 72.5 Å². The third-order valence-corrected chi connectivity index (χ3v) is 2.17. The minimum absolute atomic E-state index is 0.929. The zero-order valence-corrected chi connectivity index (χ0v) is 7.03. The fourth-order valence-corrected chi connectivity index (χ4v) is 1.62. The number of hydrogen-bond acceptors (Lipinski definition) is 2. The van der Waals surface area contributed by atoms with Gasteiger partial charge in [-0.25, -0.2) is 0 Å². The predicted molar refractivity (Wildman–Crippen MR) is 50.4 cm³/mol. The first kappa shape index (κ1) is 7.35. The van der Waals surface area contributed by atoms with E-state index in [1.807, 2.05) is 18.3 Å². The lowest BCUT2D eigenvalue weighted by Crippen LogP contribution is -2.19. The Morgan fingerprint density at radius 1 is 1.67 bits per heavy atom. The van der Waals surface area contributed by atoms with Gasteiger partial charge < -0.3 is 4.90 Å². The molecule has 0 spiro atoms. The summed E-state index contributed by atoms with van der Waals surface area (Å²) in [5.74, 6) is 0. The molecule has 0 aliphatic carbocycles. The van der Waals surface area contributed by atoms with Gasteiger partial charge in [0.05, 0.1) is 11.4 Å². The molecule has 0 radical (unpaired) electrons. The second-order valence-electron chi connectivity index (χ2n) is 2.95. The summed E-state index contributed by atoms with van der Waals surface area (Å²) >= 11 is 0. The molecule has 1 aromatic rings. The van der Waals surface area contributed by atoms with Gasteiger partial charge in [0.2, 0.25) is 0 Å². The Hall–Kier alpha value is -1.31. The SMILES string of the molecule is C=CCN1CCc2ncccc21. The molecule has 1 aliphatic rings. The monoisotopic (exact) mass is 160 g/mol. The summed E-state index contributed by atoms with van der Waals surface area (Å²) in [6, 6.07) is 4.11. The number of pyridine rings is 1. The number of anilines is 1. The molecular weight excluding hydrogens is 148 g/mol. The number of rotatable bonds is 2. The van der Waals surface area contributed by atoms with Crippen molar-refractivity contribution in [2.24, 2.45) is 0 Å². The summed E-state index contributed by atoms with van der Waals surface area (Å²) in [4.78, 5) is 6.62. The van der Waals surface area contributed by atoms with Gasteiger partial charge in [0.15, 0.2) is 0 Å². The highest BCUT2D eigenvalue weighted by atomic mass is 15.2. The molecule has 0 atom stereocenters. The molecule has 62 valence electrons. The molecule has 2 heteroatoms. The first-order chi connectivity index (χ1) is 5.92. The van der Waals surface area contributed by atoms with E-state index in [2.05, 4.69) is 22.5 Å². The lowest BCUT2D eigenvalue weighted by atomic mass is 10.3. The average Bonchev–Trinajstić information content (AvgIpc) is 2.50. The second kappa shape index (κ2) is 2.97. The van der Waals surface area contributed by atoms with Crippen molar-refractivity contribution in [3.8, 4) is 0 Å². The van der Waals surface area contributed by atoms with Crippen molar-refractivity contribution in [2.75, 3.05) is 18.0 Å². The third kappa shape index (κ3) is 1.09. The minimum atomic E-state index is 0.929. The molecule has 0 saturated carbocycles. The number of fused-ring (bicyclic) bond motifs is 1. The van der Waals surface area contributed by atoms with Gasteiger partial charge in [0.25, 0.3) is 0 Å². The summed E-state index contributed by atoms with van der Waals surface area (Å²) < 4.78 is 0. The summed E-state index contributed by atoms with van der Waals surface area (Å²) in [5, 5.41) is 0. The minimum Gasteiger partial charge on any atom is -0.366 e. The Morgan fingerprint density at radius 2 is 2.58 bits per heavy atom. The van der Waals surface area contributed by atoms with Gasteiger partial charge >= 0.3 is 0 Å². The van der Waals surface area contributed by atoms with Crippen LogP contribution >= 0.6 is 0 Å². The van der Waals surface area contributed by atoms with E-state index in [0.29, 0.717) is 0 Å². The average molecular weight is 160 g/mol. The van der Waals surface area contributed by atoms with Crippen LogP contribution < -0.4 is 4.90 Å². The lowest BCUT2D eigenvalue weighted by molar-refractivity contribution is 0.899. The highest BCUT2D eigenvalue weighted by molar-refractivity contribution is 5.54. The van der Waals surface area contributed by atoms with Crippen LogP contribution in [0.4, 0.5) is 5.69 Å².